The normalized spacial score (nSPS) is 15.6. The SMILES string of the molecule is O=C(Cn1c(=O)c(N2CCOCC2)nc2cc3c(cc21)OCCO3)Nc1ccc(Cl)cc1. The van der Waals surface area contributed by atoms with Gasteiger partial charge in [-0.1, -0.05) is 11.6 Å². The molecular formula is C22H21ClN4O5. The lowest BCUT2D eigenvalue weighted by atomic mass is 10.2. The van der Waals surface area contributed by atoms with Crippen LogP contribution < -0.4 is 25.2 Å². The van der Waals surface area contributed by atoms with Crippen molar-refractivity contribution in [3.05, 3.63) is 51.8 Å². The van der Waals surface area contributed by atoms with Crippen molar-refractivity contribution in [1.29, 1.82) is 0 Å². The first kappa shape index (κ1) is 20.6. The van der Waals surface area contributed by atoms with Gasteiger partial charge in [0.2, 0.25) is 5.91 Å². The standard InChI is InChI=1S/C22H21ClN4O5/c23-14-1-3-15(4-2-14)24-20(28)13-27-17-12-19-18(31-9-10-32-19)11-16(17)25-21(22(27)29)26-5-7-30-8-6-26/h1-4,11-12H,5-10,13H2,(H,24,28). The summed E-state index contributed by atoms with van der Waals surface area (Å²) in [6, 6.07) is 10.2. The lowest BCUT2D eigenvalue weighted by Gasteiger charge is -2.28. The number of nitrogens with one attached hydrogen (secondary N) is 1. The largest absolute Gasteiger partial charge is 0.486 e. The summed E-state index contributed by atoms with van der Waals surface area (Å²) in [6.45, 7) is 2.80. The van der Waals surface area contributed by atoms with Gasteiger partial charge in [0.1, 0.15) is 19.8 Å². The van der Waals surface area contributed by atoms with Gasteiger partial charge < -0.3 is 24.4 Å². The Morgan fingerprint density at radius 1 is 1.03 bits per heavy atom. The highest BCUT2D eigenvalue weighted by molar-refractivity contribution is 6.30. The highest BCUT2D eigenvalue weighted by atomic mass is 35.5. The Balaban J connectivity index is 1.56. The fourth-order valence-electron chi connectivity index (χ4n) is 3.78. The molecule has 1 amide bonds. The van der Waals surface area contributed by atoms with E-state index in [0.29, 0.717) is 72.8 Å². The van der Waals surface area contributed by atoms with Crippen LogP contribution in [0.5, 0.6) is 11.5 Å². The molecule has 166 valence electrons. The molecule has 32 heavy (non-hydrogen) atoms. The van der Waals surface area contributed by atoms with Crippen molar-refractivity contribution in [3.63, 3.8) is 0 Å². The van der Waals surface area contributed by atoms with Crippen LogP contribution in [0, 0.1) is 0 Å². The second kappa shape index (κ2) is 8.68. The van der Waals surface area contributed by atoms with Gasteiger partial charge in [0, 0.05) is 35.9 Å². The van der Waals surface area contributed by atoms with Gasteiger partial charge in [-0.2, -0.15) is 0 Å². The molecule has 2 aromatic carbocycles. The predicted octanol–water partition coefficient (Wildman–Crippen LogP) is 2.30. The van der Waals surface area contributed by atoms with Crippen molar-refractivity contribution in [2.75, 3.05) is 49.7 Å². The number of aromatic nitrogens is 2. The maximum Gasteiger partial charge on any atom is 0.294 e. The molecule has 0 radical (unpaired) electrons. The number of carbonyl (C=O) groups excluding carboxylic acids is 1. The fourth-order valence-corrected chi connectivity index (χ4v) is 3.91. The quantitative estimate of drug-likeness (QED) is 0.643. The second-order valence-corrected chi connectivity index (χ2v) is 7.90. The zero-order valence-corrected chi connectivity index (χ0v) is 17.9. The molecule has 9 nitrogen and oxygen atoms in total. The summed E-state index contributed by atoms with van der Waals surface area (Å²) in [4.78, 5) is 32.8. The zero-order valence-electron chi connectivity index (χ0n) is 17.2. The minimum atomic E-state index is -0.345. The number of rotatable bonds is 4. The van der Waals surface area contributed by atoms with E-state index in [9.17, 15) is 9.59 Å². The Labute approximate surface area is 188 Å². The Kier molecular flexibility index (Phi) is 5.59. The number of benzene rings is 2. The number of hydrogen-bond acceptors (Lipinski definition) is 7. The summed E-state index contributed by atoms with van der Waals surface area (Å²) in [5.74, 6) is 1.04. The summed E-state index contributed by atoms with van der Waals surface area (Å²) >= 11 is 5.91. The number of morpholine rings is 1. The number of ether oxygens (including phenoxy) is 3. The van der Waals surface area contributed by atoms with E-state index >= 15 is 0 Å². The van der Waals surface area contributed by atoms with E-state index in [4.69, 9.17) is 25.8 Å². The highest BCUT2D eigenvalue weighted by Gasteiger charge is 2.23. The first-order chi connectivity index (χ1) is 15.6. The van der Waals surface area contributed by atoms with Crippen molar-refractivity contribution in [2.24, 2.45) is 0 Å². The van der Waals surface area contributed by atoms with Crippen LogP contribution in [0.25, 0.3) is 11.0 Å². The summed E-state index contributed by atoms with van der Waals surface area (Å²) in [7, 11) is 0. The maximum atomic E-state index is 13.4. The van der Waals surface area contributed by atoms with E-state index in [1.807, 2.05) is 4.90 Å². The van der Waals surface area contributed by atoms with Crippen molar-refractivity contribution in [2.45, 2.75) is 6.54 Å². The van der Waals surface area contributed by atoms with E-state index in [-0.39, 0.29) is 23.8 Å². The van der Waals surface area contributed by atoms with Gasteiger partial charge in [-0.25, -0.2) is 4.98 Å². The average Bonchev–Trinajstić information content (AvgIpc) is 2.82. The molecule has 0 bridgehead atoms. The van der Waals surface area contributed by atoms with E-state index in [1.54, 1.807) is 36.4 Å². The lowest BCUT2D eigenvalue weighted by Crippen LogP contribution is -2.42. The molecule has 0 aliphatic carbocycles. The van der Waals surface area contributed by atoms with Crippen LogP contribution in [-0.4, -0.2) is 55.0 Å². The van der Waals surface area contributed by atoms with Crippen LogP contribution in [0.1, 0.15) is 0 Å². The molecule has 0 atom stereocenters. The summed E-state index contributed by atoms with van der Waals surface area (Å²) in [6.07, 6.45) is 0. The van der Waals surface area contributed by atoms with E-state index in [1.165, 1.54) is 4.57 Å². The number of fused-ring (bicyclic) bond motifs is 2. The average molecular weight is 457 g/mol. The number of halogens is 1. The predicted molar refractivity (Wildman–Crippen MR) is 120 cm³/mol. The van der Waals surface area contributed by atoms with Crippen molar-refractivity contribution in [1.82, 2.24) is 9.55 Å². The molecular weight excluding hydrogens is 436 g/mol. The second-order valence-electron chi connectivity index (χ2n) is 7.47. The molecule has 0 spiro atoms. The summed E-state index contributed by atoms with van der Waals surface area (Å²) in [5, 5.41) is 3.37. The molecule has 1 saturated heterocycles. The number of hydrogen-bond donors (Lipinski definition) is 1. The third kappa shape index (κ3) is 4.09. The molecule has 5 rings (SSSR count). The lowest BCUT2D eigenvalue weighted by molar-refractivity contribution is -0.116. The van der Waals surface area contributed by atoms with Gasteiger partial charge in [-0.15, -0.1) is 0 Å². The Morgan fingerprint density at radius 3 is 2.44 bits per heavy atom. The van der Waals surface area contributed by atoms with Crippen LogP contribution in [0.15, 0.2) is 41.2 Å². The summed E-state index contributed by atoms with van der Waals surface area (Å²) in [5.41, 5.74) is 1.30. The van der Waals surface area contributed by atoms with Gasteiger partial charge in [0.15, 0.2) is 17.3 Å². The van der Waals surface area contributed by atoms with Gasteiger partial charge in [0.25, 0.3) is 5.56 Å². The maximum absolute atomic E-state index is 13.4. The highest BCUT2D eigenvalue weighted by Crippen LogP contribution is 2.34. The van der Waals surface area contributed by atoms with Crippen LogP contribution in [0.2, 0.25) is 5.02 Å². The topological polar surface area (TPSA) is 94.9 Å². The fraction of sp³-hybridized carbons (Fsp3) is 0.318. The zero-order chi connectivity index (χ0) is 22.1. The van der Waals surface area contributed by atoms with Crippen LogP contribution in [0.3, 0.4) is 0 Å². The minimum Gasteiger partial charge on any atom is -0.486 e. The smallest absolute Gasteiger partial charge is 0.294 e. The summed E-state index contributed by atoms with van der Waals surface area (Å²) < 4.78 is 18.2. The van der Waals surface area contributed by atoms with E-state index in [0.717, 1.165) is 0 Å². The monoisotopic (exact) mass is 456 g/mol. The molecule has 2 aliphatic rings. The first-order valence-corrected chi connectivity index (χ1v) is 10.7. The molecule has 10 heteroatoms. The number of nitrogens with zero attached hydrogens (tertiary/aromatic N) is 3. The Bertz CT molecular complexity index is 1220. The van der Waals surface area contributed by atoms with E-state index < -0.39 is 0 Å². The minimum absolute atomic E-state index is 0.183. The number of amides is 1. The Hall–Kier alpha value is -3.30. The molecule has 2 aliphatic heterocycles. The molecule has 0 saturated carbocycles. The van der Waals surface area contributed by atoms with Crippen molar-refractivity contribution < 1.29 is 19.0 Å². The van der Waals surface area contributed by atoms with E-state index in [2.05, 4.69) is 10.3 Å². The third-order valence-electron chi connectivity index (χ3n) is 5.33. The molecule has 3 aromatic rings. The molecule has 0 unspecified atom stereocenters. The first-order valence-electron chi connectivity index (χ1n) is 10.3. The third-order valence-corrected chi connectivity index (χ3v) is 5.59. The van der Waals surface area contributed by atoms with Crippen LogP contribution >= 0.6 is 11.6 Å². The molecule has 3 heterocycles. The van der Waals surface area contributed by atoms with Crippen molar-refractivity contribution >= 4 is 40.0 Å². The number of carbonyl (C=O) groups is 1. The van der Waals surface area contributed by atoms with Crippen molar-refractivity contribution in [3.8, 4) is 11.5 Å². The molecule has 1 N–H and O–H groups in total. The van der Waals surface area contributed by atoms with Gasteiger partial charge in [-0.3, -0.25) is 14.2 Å². The molecule has 1 aromatic heterocycles. The van der Waals surface area contributed by atoms with Crippen LogP contribution in [-0.2, 0) is 16.1 Å². The van der Waals surface area contributed by atoms with Gasteiger partial charge in [0.05, 0.1) is 24.2 Å². The van der Waals surface area contributed by atoms with Gasteiger partial charge in [-0.05, 0) is 24.3 Å². The Morgan fingerprint density at radius 2 is 1.72 bits per heavy atom. The molecule has 1 fully saturated rings. The van der Waals surface area contributed by atoms with Crippen LogP contribution in [0.4, 0.5) is 11.5 Å². The number of anilines is 2. The van der Waals surface area contributed by atoms with Gasteiger partial charge >= 0.3 is 0 Å².